The van der Waals surface area contributed by atoms with Crippen molar-refractivity contribution in [2.45, 2.75) is 19.8 Å². The number of likely N-dealkylation sites (tertiary alicyclic amines) is 1. The van der Waals surface area contributed by atoms with Crippen molar-refractivity contribution in [1.29, 1.82) is 0 Å². The fourth-order valence-corrected chi connectivity index (χ4v) is 2.73. The summed E-state index contributed by atoms with van der Waals surface area (Å²) in [4.78, 5) is 25.0. The molecule has 0 radical (unpaired) electrons. The maximum absolute atomic E-state index is 12.5. The molecule has 0 spiro atoms. The summed E-state index contributed by atoms with van der Waals surface area (Å²) in [6.45, 7) is 5.47. The number of aromatic nitrogens is 2. The van der Waals surface area contributed by atoms with Crippen LogP contribution in [0.1, 0.15) is 30.3 Å². The first kappa shape index (κ1) is 15.7. The molecular weight excluding hydrogens is 266 g/mol. The van der Waals surface area contributed by atoms with Gasteiger partial charge >= 0.3 is 0 Å². The molecular formula is C15H25N5O. The van der Waals surface area contributed by atoms with Crippen molar-refractivity contribution in [2.24, 2.45) is 5.92 Å². The molecule has 0 atom stereocenters. The van der Waals surface area contributed by atoms with E-state index in [1.807, 2.05) is 11.8 Å². The highest BCUT2D eigenvalue weighted by molar-refractivity contribution is 5.92. The molecule has 0 aliphatic carbocycles. The molecule has 6 nitrogen and oxygen atoms in total. The van der Waals surface area contributed by atoms with Crippen LogP contribution in [0.25, 0.3) is 0 Å². The van der Waals surface area contributed by atoms with E-state index in [-0.39, 0.29) is 5.91 Å². The summed E-state index contributed by atoms with van der Waals surface area (Å²) in [5.74, 6) is 1.33. The second-order valence-electron chi connectivity index (χ2n) is 5.82. The first-order valence-corrected chi connectivity index (χ1v) is 7.60. The number of hydrogen-bond acceptors (Lipinski definition) is 5. The Morgan fingerprint density at radius 2 is 2.10 bits per heavy atom. The van der Waals surface area contributed by atoms with E-state index in [0.717, 1.165) is 39.0 Å². The first-order chi connectivity index (χ1) is 10.1. The van der Waals surface area contributed by atoms with Crippen LogP contribution in [0.5, 0.6) is 0 Å². The highest BCUT2D eigenvalue weighted by Crippen LogP contribution is 2.19. The zero-order chi connectivity index (χ0) is 15.2. The van der Waals surface area contributed by atoms with Gasteiger partial charge < -0.3 is 15.1 Å². The summed E-state index contributed by atoms with van der Waals surface area (Å²) in [5, 5.41) is 3.08. The van der Waals surface area contributed by atoms with Crippen molar-refractivity contribution in [2.75, 3.05) is 45.6 Å². The van der Waals surface area contributed by atoms with Gasteiger partial charge in [0.2, 0.25) is 0 Å². The maximum atomic E-state index is 12.5. The average Bonchev–Trinajstić information content (AvgIpc) is 2.47. The van der Waals surface area contributed by atoms with Crippen LogP contribution in [0, 0.1) is 5.92 Å². The summed E-state index contributed by atoms with van der Waals surface area (Å²) >= 11 is 0. The van der Waals surface area contributed by atoms with Crippen molar-refractivity contribution in [3.05, 3.63) is 18.1 Å². The highest BCUT2D eigenvalue weighted by atomic mass is 16.2. The van der Waals surface area contributed by atoms with Crippen LogP contribution in [0.3, 0.4) is 0 Å². The van der Waals surface area contributed by atoms with Gasteiger partial charge in [-0.15, -0.1) is 0 Å². The third-order valence-corrected chi connectivity index (χ3v) is 3.74. The molecule has 0 saturated carbocycles. The zero-order valence-electron chi connectivity index (χ0n) is 13.2. The number of amides is 1. The zero-order valence-corrected chi connectivity index (χ0v) is 13.2. The lowest BCUT2D eigenvalue weighted by Gasteiger charge is -2.33. The van der Waals surface area contributed by atoms with Crippen LogP contribution >= 0.6 is 0 Å². The fourth-order valence-electron chi connectivity index (χ4n) is 2.73. The third-order valence-electron chi connectivity index (χ3n) is 3.74. The summed E-state index contributed by atoms with van der Waals surface area (Å²) in [7, 11) is 4.19. The van der Waals surface area contributed by atoms with Gasteiger partial charge in [0.05, 0.1) is 12.4 Å². The van der Waals surface area contributed by atoms with Gasteiger partial charge in [-0.25, -0.2) is 4.98 Å². The molecule has 116 valence electrons. The molecule has 1 aromatic rings. The minimum absolute atomic E-state index is 0.00874. The largest absolute Gasteiger partial charge is 0.369 e. The molecule has 0 aromatic carbocycles. The van der Waals surface area contributed by atoms with Gasteiger partial charge in [-0.3, -0.25) is 9.78 Å². The SMILES string of the molecule is CCNc1cncc(C(=O)N2CCC(CN(C)C)CC2)n1. The van der Waals surface area contributed by atoms with E-state index in [9.17, 15) is 4.79 Å². The van der Waals surface area contributed by atoms with Gasteiger partial charge in [-0.1, -0.05) is 0 Å². The normalized spacial score (nSPS) is 16.3. The smallest absolute Gasteiger partial charge is 0.274 e. The number of nitrogens with one attached hydrogen (secondary N) is 1. The Labute approximate surface area is 126 Å². The Hall–Kier alpha value is -1.69. The predicted molar refractivity (Wildman–Crippen MR) is 83.4 cm³/mol. The molecule has 1 fully saturated rings. The van der Waals surface area contributed by atoms with Crippen LogP contribution in [0.2, 0.25) is 0 Å². The number of carbonyl (C=O) groups excluding carboxylic acids is 1. The van der Waals surface area contributed by atoms with E-state index in [2.05, 4.69) is 34.3 Å². The van der Waals surface area contributed by atoms with Crippen LogP contribution in [-0.4, -0.2) is 65.9 Å². The average molecular weight is 291 g/mol. The lowest BCUT2D eigenvalue weighted by molar-refractivity contribution is 0.0672. The van der Waals surface area contributed by atoms with E-state index >= 15 is 0 Å². The molecule has 21 heavy (non-hydrogen) atoms. The number of nitrogens with zero attached hydrogens (tertiary/aromatic N) is 4. The minimum Gasteiger partial charge on any atom is -0.369 e. The summed E-state index contributed by atoms with van der Waals surface area (Å²) in [5.41, 5.74) is 0.430. The number of piperidine rings is 1. The Bertz CT molecular complexity index is 469. The molecule has 1 aromatic heterocycles. The number of carbonyl (C=O) groups is 1. The molecule has 0 unspecified atom stereocenters. The first-order valence-electron chi connectivity index (χ1n) is 7.60. The van der Waals surface area contributed by atoms with Crippen molar-refractivity contribution in [3.8, 4) is 0 Å². The van der Waals surface area contributed by atoms with E-state index in [0.29, 0.717) is 17.4 Å². The lowest BCUT2D eigenvalue weighted by atomic mass is 9.96. The quantitative estimate of drug-likeness (QED) is 0.886. The Balaban J connectivity index is 1.94. The molecule has 2 heterocycles. The second-order valence-corrected chi connectivity index (χ2v) is 5.82. The monoisotopic (exact) mass is 291 g/mol. The predicted octanol–water partition coefficient (Wildman–Crippen LogP) is 1.32. The van der Waals surface area contributed by atoms with Crippen LogP contribution in [0.4, 0.5) is 5.82 Å². The standard InChI is InChI=1S/C15H25N5O/c1-4-17-14-10-16-9-13(18-14)15(21)20-7-5-12(6-8-20)11-19(2)3/h9-10,12H,4-8,11H2,1-3H3,(H,17,18). The Morgan fingerprint density at radius 3 is 2.71 bits per heavy atom. The van der Waals surface area contributed by atoms with Crippen molar-refractivity contribution in [1.82, 2.24) is 19.8 Å². The molecule has 0 bridgehead atoms. The van der Waals surface area contributed by atoms with Gasteiger partial charge in [0.1, 0.15) is 11.5 Å². The van der Waals surface area contributed by atoms with Gasteiger partial charge in [-0.05, 0) is 39.8 Å². The van der Waals surface area contributed by atoms with Gasteiger partial charge in [-0.2, -0.15) is 0 Å². The van der Waals surface area contributed by atoms with Crippen LogP contribution < -0.4 is 5.32 Å². The molecule has 1 aliphatic heterocycles. The fraction of sp³-hybridized carbons (Fsp3) is 0.667. The van der Waals surface area contributed by atoms with Gasteiger partial charge in [0, 0.05) is 26.2 Å². The molecule has 6 heteroatoms. The highest BCUT2D eigenvalue weighted by Gasteiger charge is 2.24. The molecule has 2 rings (SSSR count). The topological polar surface area (TPSA) is 61.4 Å². The lowest BCUT2D eigenvalue weighted by Crippen LogP contribution is -2.41. The maximum Gasteiger partial charge on any atom is 0.274 e. The van der Waals surface area contributed by atoms with Crippen LogP contribution in [-0.2, 0) is 0 Å². The summed E-state index contributed by atoms with van der Waals surface area (Å²) in [6, 6.07) is 0. The number of rotatable bonds is 5. The second kappa shape index (κ2) is 7.36. The van der Waals surface area contributed by atoms with Gasteiger partial charge in [0.15, 0.2) is 0 Å². The molecule has 1 aliphatic rings. The third kappa shape index (κ3) is 4.39. The van der Waals surface area contributed by atoms with E-state index in [4.69, 9.17) is 0 Å². The number of anilines is 1. The summed E-state index contributed by atoms with van der Waals surface area (Å²) < 4.78 is 0. The van der Waals surface area contributed by atoms with E-state index in [1.54, 1.807) is 12.4 Å². The summed E-state index contributed by atoms with van der Waals surface area (Å²) in [6.07, 6.45) is 5.31. The minimum atomic E-state index is -0.00874. The van der Waals surface area contributed by atoms with Crippen molar-refractivity contribution in [3.63, 3.8) is 0 Å². The Morgan fingerprint density at radius 1 is 1.38 bits per heavy atom. The van der Waals surface area contributed by atoms with E-state index < -0.39 is 0 Å². The van der Waals surface area contributed by atoms with Crippen LogP contribution in [0.15, 0.2) is 12.4 Å². The Kier molecular flexibility index (Phi) is 5.50. The molecule has 1 N–H and O–H groups in total. The van der Waals surface area contributed by atoms with Crippen molar-refractivity contribution >= 4 is 11.7 Å². The number of hydrogen-bond donors (Lipinski definition) is 1. The molecule has 1 saturated heterocycles. The van der Waals surface area contributed by atoms with E-state index in [1.165, 1.54) is 0 Å². The molecule has 1 amide bonds. The van der Waals surface area contributed by atoms with Gasteiger partial charge in [0.25, 0.3) is 5.91 Å². The van der Waals surface area contributed by atoms with Crippen molar-refractivity contribution < 1.29 is 4.79 Å².